The van der Waals surface area contributed by atoms with E-state index in [1.54, 1.807) is 0 Å². The molecule has 1 fully saturated rings. The summed E-state index contributed by atoms with van der Waals surface area (Å²) in [6.45, 7) is 1.76. The fourth-order valence-electron chi connectivity index (χ4n) is 2.17. The van der Waals surface area contributed by atoms with E-state index in [4.69, 9.17) is 16.3 Å². The number of hydrogen-bond acceptors (Lipinski definition) is 4. The molecule has 1 aliphatic heterocycles. The van der Waals surface area contributed by atoms with Gasteiger partial charge in [0.2, 0.25) is 0 Å². The number of imide groups is 1. The van der Waals surface area contributed by atoms with Gasteiger partial charge in [-0.1, -0.05) is 11.6 Å². The first-order chi connectivity index (χ1) is 12.1. The fraction of sp³-hybridized carbons (Fsp3) is 0.312. The molecule has 1 aromatic carbocycles. The van der Waals surface area contributed by atoms with Gasteiger partial charge < -0.3 is 10.1 Å². The van der Waals surface area contributed by atoms with Crippen LogP contribution in [0.2, 0.25) is 5.02 Å². The topological polar surface area (TPSA) is 75.7 Å². The molecule has 3 amide bonds. The lowest BCUT2D eigenvalue weighted by atomic mass is 10.1. The molecule has 10 heteroatoms. The van der Waals surface area contributed by atoms with Crippen molar-refractivity contribution in [2.24, 2.45) is 0 Å². The first-order valence-corrected chi connectivity index (χ1v) is 7.82. The van der Waals surface area contributed by atoms with Crippen molar-refractivity contribution in [3.63, 3.8) is 0 Å². The SMILES string of the molecule is C[C@@H](OC(=O)/C=C/c1cc(C(F)(F)F)ccc1Cl)C(=O)N1CCNC1=O. The molecular weight excluding hydrogens is 377 g/mol. The van der Waals surface area contributed by atoms with Crippen molar-refractivity contribution in [2.75, 3.05) is 13.1 Å². The van der Waals surface area contributed by atoms with Crippen molar-refractivity contribution >= 4 is 35.6 Å². The number of urea groups is 1. The monoisotopic (exact) mass is 390 g/mol. The van der Waals surface area contributed by atoms with Crippen LogP contribution in [0.5, 0.6) is 0 Å². The van der Waals surface area contributed by atoms with Crippen molar-refractivity contribution in [3.05, 3.63) is 40.4 Å². The van der Waals surface area contributed by atoms with Crippen molar-refractivity contribution < 1.29 is 32.3 Å². The van der Waals surface area contributed by atoms with Crippen LogP contribution >= 0.6 is 11.6 Å². The zero-order valence-electron chi connectivity index (χ0n) is 13.5. The van der Waals surface area contributed by atoms with Gasteiger partial charge in [-0.25, -0.2) is 9.59 Å². The highest BCUT2D eigenvalue weighted by atomic mass is 35.5. The summed E-state index contributed by atoms with van der Waals surface area (Å²) in [5, 5.41) is 2.45. The summed E-state index contributed by atoms with van der Waals surface area (Å²) in [5.74, 6) is -1.65. The molecule has 0 aromatic heterocycles. The third-order valence-corrected chi connectivity index (χ3v) is 3.83. The van der Waals surface area contributed by atoms with Crippen molar-refractivity contribution in [1.82, 2.24) is 10.2 Å². The van der Waals surface area contributed by atoms with E-state index in [1.807, 2.05) is 0 Å². The van der Waals surface area contributed by atoms with E-state index in [1.165, 1.54) is 6.92 Å². The average Bonchev–Trinajstić information content (AvgIpc) is 2.98. The van der Waals surface area contributed by atoms with Gasteiger partial charge in [0, 0.05) is 24.2 Å². The van der Waals surface area contributed by atoms with Gasteiger partial charge >= 0.3 is 18.2 Å². The van der Waals surface area contributed by atoms with Crippen LogP contribution in [-0.2, 0) is 20.5 Å². The summed E-state index contributed by atoms with van der Waals surface area (Å²) < 4.78 is 43.0. The molecule has 1 atom stereocenters. The second-order valence-corrected chi connectivity index (χ2v) is 5.78. The smallest absolute Gasteiger partial charge is 0.416 e. The molecule has 1 saturated heterocycles. The Balaban J connectivity index is 2.03. The number of carbonyl (C=O) groups is 3. The minimum atomic E-state index is -4.55. The molecule has 1 aliphatic rings. The highest BCUT2D eigenvalue weighted by Crippen LogP contribution is 2.32. The number of hydrogen-bond donors (Lipinski definition) is 1. The van der Waals surface area contributed by atoms with Gasteiger partial charge in [-0.05, 0) is 36.8 Å². The van der Waals surface area contributed by atoms with Crippen LogP contribution in [0.4, 0.5) is 18.0 Å². The molecule has 1 heterocycles. The largest absolute Gasteiger partial charge is 0.449 e. The van der Waals surface area contributed by atoms with E-state index in [0.717, 1.165) is 35.3 Å². The van der Waals surface area contributed by atoms with Crippen LogP contribution < -0.4 is 5.32 Å². The summed E-state index contributed by atoms with van der Waals surface area (Å²) in [6.07, 6.45) is -3.87. The van der Waals surface area contributed by atoms with Crippen molar-refractivity contribution in [1.29, 1.82) is 0 Å². The highest BCUT2D eigenvalue weighted by Gasteiger charge is 2.32. The number of benzene rings is 1. The minimum Gasteiger partial charge on any atom is -0.449 e. The number of halogens is 4. The number of rotatable bonds is 4. The first kappa shape index (κ1) is 19.8. The molecule has 26 heavy (non-hydrogen) atoms. The van der Waals surface area contributed by atoms with Gasteiger partial charge in [0.1, 0.15) is 0 Å². The molecular formula is C16H14ClF3N2O4. The van der Waals surface area contributed by atoms with Gasteiger partial charge in [0.15, 0.2) is 6.10 Å². The molecule has 0 unspecified atom stereocenters. The Kier molecular flexibility index (Phi) is 5.91. The maximum Gasteiger partial charge on any atom is 0.416 e. The van der Waals surface area contributed by atoms with Gasteiger partial charge in [-0.3, -0.25) is 9.69 Å². The van der Waals surface area contributed by atoms with E-state index in [0.29, 0.717) is 6.54 Å². The Bertz CT molecular complexity index is 764. The quantitative estimate of drug-likeness (QED) is 0.633. The Morgan fingerprint density at radius 3 is 2.65 bits per heavy atom. The number of esters is 1. The van der Waals surface area contributed by atoms with Crippen molar-refractivity contribution in [3.8, 4) is 0 Å². The number of nitrogens with one attached hydrogen (secondary N) is 1. The van der Waals surface area contributed by atoms with Gasteiger partial charge in [0.25, 0.3) is 5.91 Å². The molecule has 6 nitrogen and oxygen atoms in total. The first-order valence-electron chi connectivity index (χ1n) is 7.44. The Labute approximate surface area is 151 Å². The van der Waals surface area contributed by atoms with Crippen LogP contribution in [0.3, 0.4) is 0 Å². The summed E-state index contributed by atoms with van der Waals surface area (Å²) >= 11 is 5.81. The van der Waals surface area contributed by atoms with Gasteiger partial charge in [-0.2, -0.15) is 13.2 Å². The zero-order chi connectivity index (χ0) is 19.5. The van der Waals surface area contributed by atoms with Crippen LogP contribution in [-0.4, -0.2) is 42.0 Å². The number of amides is 3. The fourth-order valence-corrected chi connectivity index (χ4v) is 2.35. The predicted octanol–water partition coefficient (Wildman–Crippen LogP) is 2.86. The summed E-state index contributed by atoms with van der Waals surface area (Å²) in [4.78, 5) is 36.1. The molecule has 2 rings (SSSR count). The third-order valence-electron chi connectivity index (χ3n) is 3.49. The lowest BCUT2D eigenvalue weighted by molar-refractivity contribution is -0.153. The third kappa shape index (κ3) is 4.75. The van der Waals surface area contributed by atoms with E-state index in [-0.39, 0.29) is 17.1 Å². The second-order valence-electron chi connectivity index (χ2n) is 5.37. The van der Waals surface area contributed by atoms with Crippen LogP contribution in [0, 0.1) is 0 Å². The standard InChI is InChI=1S/C16H14ClF3N2O4/c1-9(14(24)22-7-6-21-15(22)25)26-13(23)5-2-10-8-11(16(18,19)20)3-4-12(10)17/h2-5,8-9H,6-7H2,1H3,(H,21,25)/b5-2+/t9-/m1/s1. The summed E-state index contributed by atoms with van der Waals surface area (Å²) in [7, 11) is 0. The van der Waals surface area contributed by atoms with Crippen LogP contribution in [0.25, 0.3) is 6.08 Å². The molecule has 140 valence electrons. The number of ether oxygens (including phenoxy) is 1. The lowest BCUT2D eigenvalue weighted by Gasteiger charge is -2.17. The molecule has 0 spiro atoms. The average molecular weight is 391 g/mol. The van der Waals surface area contributed by atoms with Crippen LogP contribution in [0.1, 0.15) is 18.1 Å². The Hall–Kier alpha value is -2.55. The predicted molar refractivity (Wildman–Crippen MR) is 86.2 cm³/mol. The van der Waals surface area contributed by atoms with E-state index in [9.17, 15) is 27.6 Å². The van der Waals surface area contributed by atoms with Gasteiger partial charge in [0.05, 0.1) is 5.56 Å². The molecule has 0 radical (unpaired) electrons. The van der Waals surface area contributed by atoms with Crippen molar-refractivity contribution in [2.45, 2.75) is 19.2 Å². The van der Waals surface area contributed by atoms with Gasteiger partial charge in [-0.15, -0.1) is 0 Å². The molecule has 1 aromatic rings. The number of alkyl halides is 3. The second kappa shape index (κ2) is 7.77. The lowest BCUT2D eigenvalue weighted by Crippen LogP contribution is -2.41. The minimum absolute atomic E-state index is 0.0138. The maximum absolute atomic E-state index is 12.7. The summed E-state index contributed by atoms with van der Waals surface area (Å²) in [5.41, 5.74) is -0.949. The molecule has 0 aliphatic carbocycles. The number of carbonyl (C=O) groups excluding carboxylic acids is 3. The highest BCUT2D eigenvalue weighted by molar-refractivity contribution is 6.32. The van der Waals surface area contributed by atoms with E-state index < -0.39 is 35.8 Å². The molecule has 0 bridgehead atoms. The normalized spacial score (nSPS) is 15.9. The summed E-state index contributed by atoms with van der Waals surface area (Å²) in [6, 6.07) is 2.09. The van der Waals surface area contributed by atoms with Crippen LogP contribution in [0.15, 0.2) is 24.3 Å². The van der Waals surface area contributed by atoms with E-state index in [2.05, 4.69) is 5.32 Å². The molecule has 0 saturated carbocycles. The Morgan fingerprint density at radius 2 is 2.08 bits per heavy atom. The zero-order valence-corrected chi connectivity index (χ0v) is 14.2. The maximum atomic E-state index is 12.7. The number of nitrogens with zero attached hydrogens (tertiary/aromatic N) is 1. The Morgan fingerprint density at radius 1 is 1.38 bits per heavy atom. The molecule has 1 N–H and O–H groups in total. The van der Waals surface area contributed by atoms with E-state index >= 15 is 0 Å².